The Morgan fingerprint density at radius 1 is 1.28 bits per heavy atom. The molecule has 132 valence electrons. The van der Waals surface area contributed by atoms with Crippen LogP contribution in [0.5, 0.6) is 0 Å². The molecule has 0 amide bonds. The van der Waals surface area contributed by atoms with Gasteiger partial charge in [-0.25, -0.2) is 19.7 Å². The monoisotopic (exact) mass is 380 g/mol. The summed E-state index contributed by atoms with van der Waals surface area (Å²) < 4.78 is 14.4. The fourth-order valence-electron chi connectivity index (χ4n) is 2.56. The second-order valence-electron chi connectivity index (χ2n) is 5.63. The van der Waals surface area contributed by atoms with E-state index in [4.69, 9.17) is 17.3 Å². The highest BCUT2D eigenvalue weighted by atomic mass is 35.5. The summed E-state index contributed by atoms with van der Waals surface area (Å²) in [6, 6.07) is 3.42. The van der Waals surface area contributed by atoms with E-state index in [2.05, 4.69) is 19.9 Å². The van der Waals surface area contributed by atoms with E-state index in [1.54, 1.807) is 18.3 Å². The molecule has 0 aromatic carbocycles. The van der Waals surface area contributed by atoms with E-state index in [0.29, 0.717) is 28.6 Å². The largest absolute Gasteiger partial charge is 0.382 e. The number of halogens is 1. The van der Waals surface area contributed by atoms with Crippen molar-refractivity contribution in [2.75, 3.05) is 18.1 Å². The number of fused-ring (bicyclic) bond motifs is 1. The third-order valence-electron chi connectivity index (χ3n) is 4.15. The van der Waals surface area contributed by atoms with Crippen LogP contribution < -0.4 is 17.0 Å². The Kier molecular flexibility index (Phi) is 4.67. The number of aromatic amines is 1. The Morgan fingerprint density at radius 2 is 2.00 bits per heavy atom. The fourth-order valence-corrected chi connectivity index (χ4v) is 4.25. The van der Waals surface area contributed by atoms with Crippen LogP contribution in [0.4, 0.5) is 5.82 Å². The number of aromatic nitrogens is 5. The molecule has 0 unspecified atom stereocenters. The van der Waals surface area contributed by atoms with Gasteiger partial charge in [-0.2, -0.15) is 0 Å². The van der Waals surface area contributed by atoms with Crippen LogP contribution in [0.1, 0.15) is 19.4 Å². The minimum atomic E-state index is -2.73. The Hall–Kier alpha value is -2.18. The quantitative estimate of drug-likeness (QED) is 0.514. The molecule has 0 saturated carbocycles. The van der Waals surface area contributed by atoms with Crippen molar-refractivity contribution in [3.8, 4) is 0 Å². The molecule has 0 spiro atoms. The first-order valence-electron chi connectivity index (χ1n) is 7.83. The van der Waals surface area contributed by atoms with E-state index in [0.717, 1.165) is 5.56 Å². The van der Waals surface area contributed by atoms with E-state index in [-0.39, 0.29) is 23.6 Å². The number of rotatable bonds is 5. The zero-order chi connectivity index (χ0) is 18.2. The van der Waals surface area contributed by atoms with Crippen molar-refractivity contribution in [3.05, 3.63) is 39.5 Å². The molecule has 0 bridgehead atoms. The highest BCUT2D eigenvalue weighted by Gasteiger charge is 2.26. The lowest BCUT2D eigenvalue weighted by Crippen LogP contribution is -2.21. The number of hydrogen-bond acceptors (Lipinski definition) is 6. The van der Waals surface area contributed by atoms with Gasteiger partial charge in [-0.3, -0.25) is 4.57 Å². The number of nitrogens with zero attached hydrogens (tertiary/aromatic N) is 4. The SMILES string of the molecule is CCP(=O)(CC)c1nc(N)c2[nH]c(=O)n(Cc3ccc(Cl)nc3)c2n1. The summed E-state index contributed by atoms with van der Waals surface area (Å²) in [6.07, 6.45) is 2.45. The minimum absolute atomic E-state index is 0.118. The summed E-state index contributed by atoms with van der Waals surface area (Å²) in [5, 5.41) is 0.371. The van der Waals surface area contributed by atoms with Crippen LogP contribution in [0.3, 0.4) is 0 Å². The predicted octanol–water partition coefficient (Wildman–Crippen LogP) is 1.83. The van der Waals surface area contributed by atoms with Crippen molar-refractivity contribution >= 4 is 41.3 Å². The Morgan fingerprint density at radius 3 is 2.60 bits per heavy atom. The zero-order valence-corrected chi connectivity index (χ0v) is 15.5. The van der Waals surface area contributed by atoms with Crippen molar-refractivity contribution in [1.82, 2.24) is 24.5 Å². The highest BCUT2D eigenvalue weighted by Crippen LogP contribution is 2.42. The molecule has 0 radical (unpaired) electrons. The molecule has 10 heteroatoms. The van der Waals surface area contributed by atoms with E-state index >= 15 is 0 Å². The van der Waals surface area contributed by atoms with E-state index in [1.807, 2.05) is 13.8 Å². The Bertz CT molecular complexity index is 1020. The third kappa shape index (κ3) is 3.19. The van der Waals surface area contributed by atoms with Gasteiger partial charge in [0.1, 0.15) is 10.7 Å². The topological polar surface area (TPSA) is 120 Å². The first-order valence-corrected chi connectivity index (χ1v) is 10.3. The average Bonchev–Trinajstić information content (AvgIpc) is 2.92. The number of hydrogen-bond donors (Lipinski definition) is 2. The number of H-pyrrole nitrogens is 1. The molecule has 3 rings (SSSR count). The molecular weight excluding hydrogens is 363 g/mol. The number of nitrogens with one attached hydrogen (secondary N) is 1. The summed E-state index contributed by atoms with van der Waals surface area (Å²) in [4.78, 5) is 27.6. The molecule has 3 heterocycles. The van der Waals surface area contributed by atoms with Crippen LogP contribution in [0.15, 0.2) is 23.1 Å². The molecule has 0 saturated heterocycles. The normalized spacial score (nSPS) is 12.0. The number of imidazole rings is 1. The van der Waals surface area contributed by atoms with Crippen LogP contribution in [-0.4, -0.2) is 36.8 Å². The molecule has 3 N–H and O–H groups in total. The number of pyridine rings is 1. The molecule has 8 nitrogen and oxygen atoms in total. The van der Waals surface area contributed by atoms with Crippen molar-refractivity contribution in [3.63, 3.8) is 0 Å². The van der Waals surface area contributed by atoms with Gasteiger partial charge >= 0.3 is 5.69 Å². The lowest BCUT2D eigenvalue weighted by Gasteiger charge is -2.13. The smallest absolute Gasteiger partial charge is 0.328 e. The van der Waals surface area contributed by atoms with Crippen molar-refractivity contribution in [1.29, 1.82) is 0 Å². The van der Waals surface area contributed by atoms with Crippen molar-refractivity contribution < 1.29 is 4.57 Å². The molecule has 0 aliphatic rings. The van der Waals surface area contributed by atoms with Gasteiger partial charge in [-0.05, 0) is 11.6 Å². The van der Waals surface area contributed by atoms with Crippen molar-refractivity contribution in [2.24, 2.45) is 0 Å². The van der Waals surface area contributed by atoms with Gasteiger partial charge in [0.25, 0.3) is 0 Å². The number of nitrogens with two attached hydrogens (primary N) is 1. The van der Waals surface area contributed by atoms with Crippen LogP contribution in [-0.2, 0) is 11.1 Å². The Balaban J connectivity index is 2.17. The van der Waals surface area contributed by atoms with Gasteiger partial charge in [-0.15, -0.1) is 0 Å². The molecule has 0 aliphatic carbocycles. The number of anilines is 1. The van der Waals surface area contributed by atoms with E-state index < -0.39 is 7.14 Å². The van der Waals surface area contributed by atoms with Gasteiger partial charge in [0, 0.05) is 18.5 Å². The lowest BCUT2D eigenvalue weighted by molar-refractivity contribution is 0.581. The average molecular weight is 381 g/mol. The van der Waals surface area contributed by atoms with Gasteiger partial charge in [0.05, 0.1) is 6.54 Å². The molecule has 3 aromatic heterocycles. The maximum atomic E-state index is 13.0. The number of nitrogen functional groups attached to an aromatic ring is 1. The molecular formula is C15H18ClN6O2P. The van der Waals surface area contributed by atoms with Gasteiger partial charge in [0.15, 0.2) is 24.2 Å². The second-order valence-corrected chi connectivity index (χ2v) is 9.47. The van der Waals surface area contributed by atoms with Gasteiger partial charge < -0.3 is 15.3 Å². The summed E-state index contributed by atoms with van der Waals surface area (Å²) in [5.74, 6) is 0.118. The fraction of sp³-hybridized carbons (Fsp3) is 0.333. The van der Waals surface area contributed by atoms with Crippen LogP contribution >= 0.6 is 18.7 Å². The van der Waals surface area contributed by atoms with Crippen LogP contribution in [0.25, 0.3) is 11.2 Å². The Labute approximate surface area is 148 Å². The molecule has 0 aliphatic heterocycles. The summed E-state index contributed by atoms with van der Waals surface area (Å²) in [7, 11) is -2.73. The van der Waals surface area contributed by atoms with E-state index in [9.17, 15) is 9.36 Å². The third-order valence-corrected chi connectivity index (χ3v) is 7.35. The summed E-state index contributed by atoms with van der Waals surface area (Å²) in [6.45, 7) is 3.90. The van der Waals surface area contributed by atoms with E-state index in [1.165, 1.54) is 4.57 Å². The molecule has 0 atom stereocenters. The highest BCUT2D eigenvalue weighted by molar-refractivity contribution is 7.71. The lowest BCUT2D eigenvalue weighted by atomic mass is 10.3. The van der Waals surface area contributed by atoms with Crippen molar-refractivity contribution in [2.45, 2.75) is 20.4 Å². The molecule has 25 heavy (non-hydrogen) atoms. The summed E-state index contributed by atoms with van der Waals surface area (Å²) >= 11 is 5.79. The first-order chi connectivity index (χ1) is 11.9. The second kappa shape index (κ2) is 6.61. The standard InChI is InChI=1S/C15H18ClN6O2P/c1-3-25(24,4-2)14-20-12(17)11-13(21-14)22(15(23)19-11)8-9-5-6-10(16)18-7-9/h5-7H,3-4,8H2,1-2H3,(H,19,23)(H2,17,20,21). The van der Waals surface area contributed by atoms with Crippen LogP contribution in [0.2, 0.25) is 5.15 Å². The molecule has 0 fully saturated rings. The van der Waals surface area contributed by atoms with Gasteiger partial charge in [0.2, 0.25) is 0 Å². The summed E-state index contributed by atoms with van der Waals surface area (Å²) in [5.41, 5.74) is 7.27. The molecule has 3 aromatic rings. The first kappa shape index (κ1) is 17.6. The maximum absolute atomic E-state index is 13.0. The van der Waals surface area contributed by atoms with Gasteiger partial charge in [-0.1, -0.05) is 31.5 Å². The minimum Gasteiger partial charge on any atom is -0.382 e. The zero-order valence-electron chi connectivity index (χ0n) is 13.9. The predicted molar refractivity (Wildman–Crippen MR) is 99.2 cm³/mol. The maximum Gasteiger partial charge on any atom is 0.328 e. The van der Waals surface area contributed by atoms with Crippen LogP contribution in [0, 0.1) is 0 Å².